The molecule has 0 atom stereocenters. The summed E-state index contributed by atoms with van der Waals surface area (Å²) in [4.78, 5) is 17.7. The van der Waals surface area contributed by atoms with Gasteiger partial charge in [-0.2, -0.15) is 0 Å². The van der Waals surface area contributed by atoms with E-state index in [4.69, 9.17) is 14.2 Å². The molecule has 0 radical (unpaired) electrons. The maximum absolute atomic E-state index is 12.2. The van der Waals surface area contributed by atoms with Crippen LogP contribution in [0.4, 0.5) is 5.13 Å². The van der Waals surface area contributed by atoms with Crippen LogP contribution in [-0.4, -0.2) is 38.0 Å². The molecule has 28 heavy (non-hydrogen) atoms. The molecule has 0 spiro atoms. The fourth-order valence-corrected chi connectivity index (χ4v) is 3.87. The number of aromatic nitrogens is 1. The molecule has 0 aliphatic rings. The molecule has 0 bridgehead atoms. The van der Waals surface area contributed by atoms with Gasteiger partial charge in [-0.05, 0) is 42.5 Å². The van der Waals surface area contributed by atoms with Crippen LogP contribution < -0.4 is 19.5 Å². The van der Waals surface area contributed by atoms with Gasteiger partial charge in [-0.3, -0.25) is 4.79 Å². The maximum Gasteiger partial charge on any atom is 0.236 e. The highest BCUT2D eigenvalue weighted by atomic mass is 32.2. The summed E-state index contributed by atoms with van der Waals surface area (Å²) in [6.07, 6.45) is 0. The Morgan fingerprint density at radius 2 is 1.75 bits per heavy atom. The number of benzene rings is 2. The molecule has 1 aromatic heterocycles. The number of amides is 1. The Kier molecular flexibility index (Phi) is 6.78. The minimum atomic E-state index is -0.112. The summed E-state index contributed by atoms with van der Waals surface area (Å²) in [5.74, 6) is 2.38. The third-order valence-electron chi connectivity index (χ3n) is 3.86. The maximum atomic E-state index is 12.2. The van der Waals surface area contributed by atoms with Gasteiger partial charge in [-0.1, -0.05) is 0 Å². The third-order valence-corrected chi connectivity index (χ3v) is 5.63. The van der Waals surface area contributed by atoms with Crippen LogP contribution in [0.1, 0.15) is 0 Å². The summed E-state index contributed by atoms with van der Waals surface area (Å²) < 4.78 is 15.8. The summed E-state index contributed by atoms with van der Waals surface area (Å²) in [5.41, 5.74) is 1.53. The van der Waals surface area contributed by atoms with Crippen molar-refractivity contribution in [2.45, 2.75) is 4.90 Å². The fraction of sp³-hybridized carbons (Fsp3) is 0.200. The third kappa shape index (κ3) is 4.96. The van der Waals surface area contributed by atoms with Crippen molar-refractivity contribution < 1.29 is 19.0 Å². The lowest BCUT2D eigenvalue weighted by atomic mass is 10.1. The molecule has 0 saturated heterocycles. The summed E-state index contributed by atoms with van der Waals surface area (Å²) >= 11 is 2.82. The summed E-state index contributed by atoms with van der Waals surface area (Å²) in [5, 5.41) is 5.26. The van der Waals surface area contributed by atoms with Crippen molar-refractivity contribution in [3.05, 3.63) is 47.8 Å². The number of ether oxygens (including phenoxy) is 3. The van der Waals surface area contributed by atoms with Crippen LogP contribution in [0.15, 0.2) is 52.7 Å². The van der Waals surface area contributed by atoms with E-state index in [1.807, 2.05) is 47.8 Å². The summed E-state index contributed by atoms with van der Waals surface area (Å²) in [6, 6.07) is 13.1. The van der Waals surface area contributed by atoms with E-state index in [2.05, 4.69) is 10.3 Å². The Morgan fingerprint density at radius 1 is 1.04 bits per heavy atom. The average Bonchev–Trinajstić information content (AvgIpc) is 3.20. The van der Waals surface area contributed by atoms with Crippen LogP contribution in [0, 0.1) is 0 Å². The molecule has 1 N–H and O–H groups in total. The summed E-state index contributed by atoms with van der Waals surface area (Å²) in [6.45, 7) is 0. The average molecular weight is 417 g/mol. The number of nitrogens with zero attached hydrogens (tertiary/aromatic N) is 1. The number of carbonyl (C=O) groups is 1. The van der Waals surface area contributed by atoms with Crippen LogP contribution in [0.5, 0.6) is 17.2 Å². The van der Waals surface area contributed by atoms with Gasteiger partial charge in [0.25, 0.3) is 0 Å². The van der Waals surface area contributed by atoms with E-state index in [0.717, 1.165) is 21.9 Å². The van der Waals surface area contributed by atoms with E-state index in [9.17, 15) is 4.79 Å². The van der Waals surface area contributed by atoms with Crippen LogP contribution >= 0.6 is 23.1 Å². The zero-order chi connectivity index (χ0) is 19.9. The van der Waals surface area contributed by atoms with Gasteiger partial charge < -0.3 is 19.5 Å². The van der Waals surface area contributed by atoms with Crippen molar-refractivity contribution in [2.24, 2.45) is 0 Å². The molecule has 1 amide bonds. The van der Waals surface area contributed by atoms with Crippen LogP contribution in [-0.2, 0) is 4.79 Å². The number of carbonyl (C=O) groups excluding carboxylic acids is 1. The van der Waals surface area contributed by atoms with Crippen LogP contribution in [0.25, 0.3) is 11.3 Å². The zero-order valence-corrected chi connectivity index (χ0v) is 17.4. The molecule has 6 nitrogen and oxygen atoms in total. The highest BCUT2D eigenvalue weighted by Gasteiger charge is 2.13. The van der Waals surface area contributed by atoms with E-state index < -0.39 is 0 Å². The molecule has 1 heterocycles. The SMILES string of the molecule is COc1ccc(SCC(=O)Nc2nc(-c3cc(OC)ccc3OC)cs2)cc1. The van der Waals surface area contributed by atoms with Gasteiger partial charge in [0, 0.05) is 15.8 Å². The minimum Gasteiger partial charge on any atom is -0.497 e. The molecule has 146 valence electrons. The minimum absolute atomic E-state index is 0.112. The van der Waals surface area contributed by atoms with Crippen molar-refractivity contribution in [1.82, 2.24) is 4.98 Å². The molecule has 8 heteroatoms. The van der Waals surface area contributed by atoms with Gasteiger partial charge in [0.1, 0.15) is 17.2 Å². The number of methoxy groups -OCH3 is 3. The van der Waals surface area contributed by atoms with Crippen LogP contribution in [0.3, 0.4) is 0 Å². The first-order valence-electron chi connectivity index (χ1n) is 8.37. The molecule has 3 rings (SSSR count). The van der Waals surface area contributed by atoms with Crippen molar-refractivity contribution in [1.29, 1.82) is 0 Å². The normalized spacial score (nSPS) is 10.4. The highest BCUT2D eigenvalue weighted by molar-refractivity contribution is 8.00. The van der Waals surface area contributed by atoms with Gasteiger partial charge >= 0.3 is 0 Å². The fourth-order valence-electron chi connectivity index (χ4n) is 2.45. The monoisotopic (exact) mass is 416 g/mol. The number of rotatable bonds is 8. The molecule has 3 aromatic rings. The van der Waals surface area contributed by atoms with Gasteiger partial charge in [0.05, 0.1) is 32.8 Å². The van der Waals surface area contributed by atoms with E-state index in [1.165, 1.54) is 23.1 Å². The Bertz CT molecular complexity index is 942. The first-order valence-corrected chi connectivity index (χ1v) is 10.2. The largest absolute Gasteiger partial charge is 0.497 e. The molecule has 0 unspecified atom stereocenters. The van der Waals surface area contributed by atoms with Crippen molar-refractivity contribution in [3.63, 3.8) is 0 Å². The standard InChI is InChI=1S/C20H20N2O4S2/c1-24-13-4-7-15(8-5-13)27-12-19(23)22-20-21-17(11-28-20)16-10-14(25-2)6-9-18(16)26-3/h4-11H,12H2,1-3H3,(H,21,22,23). The molecular formula is C20H20N2O4S2. The molecule has 2 aromatic carbocycles. The number of nitrogens with one attached hydrogen (secondary N) is 1. The Labute approximate surface area is 171 Å². The van der Waals surface area contributed by atoms with Gasteiger partial charge in [0.15, 0.2) is 5.13 Å². The lowest BCUT2D eigenvalue weighted by Gasteiger charge is -2.08. The van der Waals surface area contributed by atoms with Crippen molar-refractivity contribution in [3.8, 4) is 28.5 Å². The first kappa shape index (κ1) is 20.0. The number of thioether (sulfide) groups is 1. The molecule has 0 aliphatic heterocycles. The number of thiazole rings is 1. The lowest BCUT2D eigenvalue weighted by Crippen LogP contribution is -2.13. The topological polar surface area (TPSA) is 69.7 Å². The smallest absolute Gasteiger partial charge is 0.236 e. The van der Waals surface area contributed by atoms with E-state index in [-0.39, 0.29) is 5.91 Å². The molecule has 0 saturated carbocycles. The van der Waals surface area contributed by atoms with Gasteiger partial charge in [-0.15, -0.1) is 23.1 Å². The second kappa shape index (κ2) is 9.48. The second-order valence-electron chi connectivity index (χ2n) is 5.62. The van der Waals surface area contributed by atoms with Crippen molar-refractivity contribution in [2.75, 3.05) is 32.4 Å². The van der Waals surface area contributed by atoms with E-state index in [0.29, 0.717) is 22.4 Å². The lowest BCUT2D eigenvalue weighted by molar-refractivity contribution is -0.113. The predicted molar refractivity (Wildman–Crippen MR) is 113 cm³/mol. The second-order valence-corrected chi connectivity index (χ2v) is 7.52. The van der Waals surface area contributed by atoms with Crippen LogP contribution in [0.2, 0.25) is 0 Å². The van der Waals surface area contributed by atoms with E-state index in [1.54, 1.807) is 21.3 Å². The molecular weight excluding hydrogens is 396 g/mol. The Morgan fingerprint density at radius 3 is 2.43 bits per heavy atom. The van der Waals surface area contributed by atoms with E-state index >= 15 is 0 Å². The predicted octanol–water partition coefficient (Wildman–Crippen LogP) is 4.57. The zero-order valence-electron chi connectivity index (χ0n) is 15.7. The highest BCUT2D eigenvalue weighted by Crippen LogP contribution is 2.35. The Hall–Kier alpha value is -2.71. The Balaban J connectivity index is 1.63. The van der Waals surface area contributed by atoms with Gasteiger partial charge in [0.2, 0.25) is 5.91 Å². The van der Waals surface area contributed by atoms with Gasteiger partial charge in [-0.25, -0.2) is 4.98 Å². The number of hydrogen-bond acceptors (Lipinski definition) is 7. The van der Waals surface area contributed by atoms with Crippen molar-refractivity contribution >= 4 is 34.1 Å². The molecule has 0 aliphatic carbocycles. The number of anilines is 1. The quantitative estimate of drug-likeness (QED) is 0.543. The number of hydrogen-bond donors (Lipinski definition) is 1. The summed E-state index contributed by atoms with van der Waals surface area (Å²) in [7, 11) is 4.84. The first-order chi connectivity index (χ1) is 13.6. The molecule has 0 fully saturated rings.